The lowest BCUT2D eigenvalue weighted by molar-refractivity contribution is -0.107. The number of ketones is 1. The molecule has 1 aliphatic heterocycles. The minimum atomic E-state index is -4.31. The molecule has 0 spiro atoms. The van der Waals surface area contributed by atoms with Crippen LogP contribution in [0.4, 0.5) is 11.4 Å². The van der Waals surface area contributed by atoms with Gasteiger partial charge in [-0.3, -0.25) is 4.79 Å². The summed E-state index contributed by atoms with van der Waals surface area (Å²) in [5, 5.41) is 23.3. The average Bonchev–Trinajstić information content (AvgIpc) is 3.38. The predicted octanol–water partition coefficient (Wildman–Crippen LogP) is 1.45. The highest BCUT2D eigenvalue weighted by Gasteiger charge is 2.31. The molecule has 2 aromatic carbocycles. The van der Waals surface area contributed by atoms with Gasteiger partial charge in [-0.1, -0.05) is 6.42 Å². The third kappa shape index (κ3) is 6.03. The Kier molecular flexibility index (Phi) is 9.46. The van der Waals surface area contributed by atoms with Crippen molar-refractivity contribution in [3.05, 3.63) is 28.3 Å². The minimum absolute atomic E-state index is 0.0714. The number of primary sulfonamides is 1. The number of rotatable bonds is 13. The fourth-order valence-electron chi connectivity index (χ4n) is 5.17. The van der Waals surface area contributed by atoms with E-state index in [-0.39, 0.29) is 40.2 Å². The molecule has 0 radical (unpaired) electrons. The second-order valence-corrected chi connectivity index (χ2v) is 10.8. The molecule has 0 aromatic heterocycles. The third-order valence-electron chi connectivity index (χ3n) is 6.87. The first-order chi connectivity index (χ1) is 17.7. The van der Waals surface area contributed by atoms with Crippen molar-refractivity contribution in [1.29, 1.82) is 0 Å². The minimum Gasteiger partial charge on any atom is -0.398 e. The van der Waals surface area contributed by atoms with Crippen molar-refractivity contribution in [2.75, 3.05) is 30.3 Å². The second kappa shape index (κ2) is 12.3. The van der Waals surface area contributed by atoms with Gasteiger partial charge in [-0.05, 0) is 49.6 Å². The number of aryl methyl sites for hydroxylation is 1. The van der Waals surface area contributed by atoms with Gasteiger partial charge < -0.3 is 31.7 Å². The van der Waals surface area contributed by atoms with Gasteiger partial charge in [-0.15, -0.1) is 0 Å². The van der Waals surface area contributed by atoms with Crippen LogP contribution in [0.25, 0.3) is 10.8 Å². The molecule has 1 heterocycles. The number of nitrogens with zero attached hydrogens (tertiary/aromatic N) is 2. The zero-order valence-corrected chi connectivity index (χ0v) is 21.9. The number of aliphatic hydroxyl groups is 1. The standard InChI is InChI=1S/C25H36N6O5S/c1-16-22-18(13-19(23(16)26)21(34)7-3-2-4-9-29-15-30-27)20(14-33)25(37(28,35)36)17(8-12-32)24(22)31-10-5-6-11-31/h12-13,15,33H,2-11,14,26-27H2,1H3,(H,29,30)(H2,28,35,36). The molecule has 0 bridgehead atoms. The Hall–Kier alpha value is -3.22. The number of hydrogen-bond acceptors (Lipinski definition) is 9. The summed E-state index contributed by atoms with van der Waals surface area (Å²) >= 11 is 0. The lowest BCUT2D eigenvalue weighted by Gasteiger charge is -2.28. The summed E-state index contributed by atoms with van der Waals surface area (Å²) in [5.74, 6) is 4.87. The molecular formula is C25H36N6O5S. The highest BCUT2D eigenvalue weighted by atomic mass is 32.2. The molecule has 1 fully saturated rings. The Bertz CT molecular complexity index is 1300. The predicted molar refractivity (Wildman–Crippen MR) is 145 cm³/mol. The summed E-state index contributed by atoms with van der Waals surface area (Å²) in [6, 6.07) is 1.57. The number of nitrogens with two attached hydrogens (primary N) is 3. The summed E-state index contributed by atoms with van der Waals surface area (Å²) in [4.78, 5) is 26.6. The molecule has 1 aliphatic rings. The summed E-state index contributed by atoms with van der Waals surface area (Å²) in [6.07, 6.45) is 6.21. The molecule has 12 heteroatoms. The summed E-state index contributed by atoms with van der Waals surface area (Å²) in [7, 11) is -4.31. The average molecular weight is 533 g/mol. The number of unbranched alkanes of at least 4 members (excludes halogenated alkanes) is 2. The first-order valence-electron chi connectivity index (χ1n) is 12.4. The zero-order valence-electron chi connectivity index (χ0n) is 21.1. The molecule has 11 nitrogen and oxygen atoms in total. The molecule has 0 saturated carbocycles. The zero-order chi connectivity index (χ0) is 27.2. The Morgan fingerprint density at radius 1 is 1.22 bits per heavy atom. The molecule has 37 heavy (non-hydrogen) atoms. The number of carbonyl (C=O) groups excluding carboxylic acids is 2. The lowest BCUT2D eigenvalue weighted by Crippen LogP contribution is -2.25. The Morgan fingerprint density at radius 3 is 2.51 bits per heavy atom. The van der Waals surface area contributed by atoms with Crippen molar-refractivity contribution in [1.82, 2.24) is 5.32 Å². The Balaban J connectivity index is 2.17. The van der Waals surface area contributed by atoms with E-state index in [2.05, 4.69) is 10.4 Å². The van der Waals surface area contributed by atoms with Crippen LogP contribution in [0.2, 0.25) is 0 Å². The molecule has 1 saturated heterocycles. The van der Waals surface area contributed by atoms with Gasteiger partial charge in [-0.2, -0.15) is 5.10 Å². The van der Waals surface area contributed by atoms with Crippen molar-refractivity contribution in [2.45, 2.75) is 63.4 Å². The van der Waals surface area contributed by atoms with Crippen LogP contribution < -0.4 is 26.9 Å². The van der Waals surface area contributed by atoms with Gasteiger partial charge in [0.05, 0.1) is 11.5 Å². The van der Waals surface area contributed by atoms with Crippen LogP contribution in [-0.4, -0.2) is 51.6 Å². The first-order valence-corrected chi connectivity index (χ1v) is 13.9. The van der Waals surface area contributed by atoms with Crippen LogP contribution in [0.1, 0.15) is 65.6 Å². The molecule has 2 aromatic rings. The molecule has 0 aliphatic carbocycles. The largest absolute Gasteiger partial charge is 0.398 e. The van der Waals surface area contributed by atoms with Gasteiger partial charge in [-0.25, -0.2) is 13.6 Å². The third-order valence-corrected chi connectivity index (χ3v) is 7.93. The topological polar surface area (TPSA) is 194 Å². The van der Waals surface area contributed by atoms with Crippen molar-refractivity contribution >= 4 is 50.6 Å². The number of carbonyl (C=O) groups is 2. The normalized spacial score (nSPS) is 14.1. The van der Waals surface area contributed by atoms with Crippen molar-refractivity contribution in [3.8, 4) is 0 Å². The van der Waals surface area contributed by atoms with Gasteiger partial charge in [0.15, 0.2) is 5.78 Å². The molecule has 202 valence electrons. The van der Waals surface area contributed by atoms with E-state index in [1.807, 2.05) is 4.90 Å². The molecule has 3 rings (SSSR count). The van der Waals surface area contributed by atoms with Crippen molar-refractivity contribution < 1.29 is 23.1 Å². The fourth-order valence-corrected chi connectivity index (χ4v) is 6.22. The number of fused-ring (bicyclic) bond motifs is 1. The number of benzene rings is 2. The van der Waals surface area contributed by atoms with Gasteiger partial charge in [0.25, 0.3) is 0 Å². The molecule has 0 amide bonds. The Labute approximate surface area is 217 Å². The van der Waals surface area contributed by atoms with Crippen molar-refractivity contribution in [3.63, 3.8) is 0 Å². The quantitative estimate of drug-likeness (QED) is 0.0371. The monoisotopic (exact) mass is 532 g/mol. The number of hydrogen-bond donors (Lipinski definition) is 5. The number of nitrogens with one attached hydrogen (secondary N) is 1. The van der Waals surface area contributed by atoms with E-state index in [4.69, 9.17) is 16.7 Å². The smallest absolute Gasteiger partial charge is 0.238 e. The van der Waals surface area contributed by atoms with E-state index in [1.165, 1.54) is 6.34 Å². The highest BCUT2D eigenvalue weighted by Crippen LogP contribution is 2.44. The van der Waals surface area contributed by atoms with Crippen molar-refractivity contribution in [2.24, 2.45) is 16.1 Å². The van der Waals surface area contributed by atoms with Crippen LogP contribution in [0.3, 0.4) is 0 Å². The van der Waals surface area contributed by atoms with E-state index in [9.17, 15) is 23.1 Å². The number of hydrazone groups is 1. The van der Waals surface area contributed by atoms with Crippen LogP contribution in [0.15, 0.2) is 16.1 Å². The molecule has 0 unspecified atom stereocenters. The summed E-state index contributed by atoms with van der Waals surface area (Å²) in [6.45, 7) is 3.18. The second-order valence-electron chi connectivity index (χ2n) is 9.25. The Morgan fingerprint density at radius 2 is 1.92 bits per heavy atom. The van der Waals surface area contributed by atoms with Crippen LogP contribution >= 0.6 is 0 Å². The maximum Gasteiger partial charge on any atom is 0.238 e. The van der Waals surface area contributed by atoms with E-state index in [1.54, 1.807) is 13.0 Å². The maximum absolute atomic E-state index is 13.2. The van der Waals surface area contributed by atoms with E-state index >= 15 is 0 Å². The number of anilines is 2. The number of nitrogen functional groups attached to an aromatic ring is 1. The van der Waals surface area contributed by atoms with Crippen LogP contribution in [-0.2, 0) is 27.8 Å². The fraction of sp³-hybridized carbons (Fsp3) is 0.480. The summed E-state index contributed by atoms with van der Waals surface area (Å²) in [5.41, 5.74) is 8.60. The number of sulfonamides is 1. The highest BCUT2D eigenvalue weighted by molar-refractivity contribution is 7.89. The number of aldehydes is 1. The summed E-state index contributed by atoms with van der Waals surface area (Å²) < 4.78 is 25.6. The van der Waals surface area contributed by atoms with Gasteiger partial charge in [0, 0.05) is 65.9 Å². The molecule has 0 atom stereocenters. The van der Waals surface area contributed by atoms with Crippen LogP contribution in [0, 0.1) is 6.92 Å². The SMILES string of the molecule is Cc1c(N)c(C(=O)CCCCCNC=NN)cc2c(CO)c(S(N)(=O)=O)c(CC=O)c(N3CCCC3)c12. The van der Waals surface area contributed by atoms with Gasteiger partial charge >= 0.3 is 0 Å². The number of Topliss-reactive ketones (excluding diaryl/α,β-unsaturated/α-hetero) is 1. The van der Waals surface area contributed by atoms with Gasteiger partial charge in [0.1, 0.15) is 12.6 Å². The molecular weight excluding hydrogens is 496 g/mol. The first kappa shape index (κ1) is 28.4. The van der Waals surface area contributed by atoms with E-state index in [0.717, 1.165) is 25.7 Å². The van der Waals surface area contributed by atoms with Gasteiger partial charge in [0.2, 0.25) is 10.0 Å². The van der Waals surface area contributed by atoms with E-state index in [0.29, 0.717) is 60.1 Å². The molecule has 8 N–H and O–H groups in total. The van der Waals surface area contributed by atoms with E-state index < -0.39 is 16.6 Å². The lowest BCUT2D eigenvalue weighted by atomic mass is 9.89. The maximum atomic E-state index is 13.2. The number of aliphatic hydroxyl groups excluding tert-OH is 1. The van der Waals surface area contributed by atoms with Crippen LogP contribution in [0.5, 0.6) is 0 Å².